The van der Waals surface area contributed by atoms with Crippen LogP contribution in [0.1, 0.15) is 41.6 Å². The minimum Gasteiger partial charge on any atom is -0.494 e. The number of carbonyl (C=O) groups excluding carboxylic acids is 1. The maximum absolute atomic E-state index is 13.6. The summed E-state index contributed by atoms with van der Waals surface area (Å²) in [6.07, 6.45) is 6.98. The molecule has 6 nitrogen and oxygen atoms in total. The zero-order valence-corrected chi connectivity index (χ0v) is 22.2. The van der Waals surface area contributed by atoms with Gasteiger partial charge in [-0.2, -0.15) is 5.10 Å². The van der Waals surface area contributed by atoms with Crippen LogP contribution in [0.5, 0.6) is 5.75 Å². The predicted octanol–water partition coefficient (Wildman–Crippen LogP) is 5.93. The molecule has 36 heavy (non-hydrogen) atoms. The third kappa shape index (κ3) is 2.89. The fourth-order valence-electron chi connectivity index (χ4n) is 7.35. The molecule has 4 heterocycles. The first kappa shape index (κ1) is 21.3. The number of halogens is 1. The Morgan fingerprint density at radius 3 is 2.78 bits per heavy atom. The average Bonchev–Trinajstić information content (AvgIpc) is 3.53. The van der Waals surface area contributed by atoms with Gasteiger partial charge in [-0.25, -0.2) is 4.52 Å². The Bertz CT molecular complexity index is 1580. The summed E-state index contributed by atoms with van der Waals surface area (Å²) >= 11 is 3.66. The quantitative estimate of drug-likeness (QED) is 0.313. The van der Waals surface area contributed by atoms with Gasteiger partial charge in [0.05, 0.1) is 18.4 Å². The number of aromatic nitrogens is 3. The molecule has 1 aliphatic heterocycles. The molecule has 0 bridgehead atoms. The first-order valence-electron chi connectivity index (χ1n) is 13.2. The summed E-state index contributed by atoms with van der Waals surface area (Å²) in [4.78, 5) is 15.8. The lowest BCUT2D eigenvalue weighted by Crippen LogP contribution is -2.53. The van der Waals surface area contributed by atoms with Crippen molar-refractivity contribution in [3.8, 4) is 17.1 Å². The van der Waals surface area contributed by atoms with Gasteiger partial charge in [0.2, 0.25) is 0 Å². The van der Waals surface area contributed by atoms with E-state index in [1.807, 2.05) is 16.8 Å². The molecule has 1 saturated heterocycles. The fraction of sp³-hybridized carbons (Fsp3) is 0.448. The van der Waals surface area contributed by atoms with E-state index >= 15 is 0 Å². The van der Waals surface area contributed by atoms with E-state index in [-0.39, 0.29) is 5.91 Å². The lowest BCUT2D eigenvalue weighted by Gasteiger charge is -2.52. The highest BCUT2D eigenvalue weighted by atomic mass is 79.9. The van der Waals surface area contributed by atoms with Crippen molar-refractivity contribution in [1.29, 1.82) is 0 Å². The Morgan fingerprint density at radius 2 is 2.03 bits per heavy atom. The van der Waals surface area contributed by atoms with Gasteiger partial charge < -0.3 is 14.2 Å². The number of nitrogens with zero attached hydrogens (tertiary/aromatic N) is 4. The Labute approximate surface area is 218 Å². The number of carbonyl (C=O) groups is 1. The van der Waals surface area contributed by atoms with E-state index in [4.69, 9.17) is 9.84 Å². The normalized spacial score (nSPS) is 26.2. The third-order valence-corrected chi connectivity index (χ3v) is 9.91. The Balaban J connectivity index is 1.25. The molecule has 3 aliphatic carbocycles. The van der Waals surface area contributed by atoms with Gasteiger partial charge in [-0.1, -0.05) is 22.0 Å². The number of likely N-dealkylation sites (tertiary alicyclic amines) is 1. The van der Waals surface area contributed by atoms with Gasteiger partial charge in [-0.3, -0.25) is 4.79 Å². The molecule has 4 atom stereocenters. The maximum Gasteiger partial charge on any atom is 0.255 e. The van der Waals surface area contributed by atoms with Gasteiger partial charge in [0.1, 0.15) is 17.0 Å². The van der Waals surface area contributed by atoms with Crippen molar-refractivity contribution < 1.29 is 9.53 Å². The number of amides is 1. The van der Waals surface area contributed by atoms with Crippen molar-refractivity contribution in [3.05, 3.63) is 52.1 Å². The largest absolute Gasteiger partial charge is 0.494 e. The average molecular weight is 545 g/mol. The highest BCUT2D eigenvalue weighted by molar-refractivity contribution is 9.10. The van der Waals surface area contributed by atoms with Crippen LogP contribution in [-0.2, 0) is 6.54 Å². The van der Waals surface area contributed by atoms with E-state index in [9.17, 15) is 4.79 Å². The minimum absolute atomic E-state index is 0.121. The van der Waals surface area contributed by atoms with Crippen LogP contribution in [0.3, 0.4) is 0 Å². The Kier molecular flexibility index (Phi) is 4.36. The fourth-order valence-corrected chi connectivity index (χ4v) is 7.69. The van der Waals surface area contributed by atoms with E-state index in [1.54, 1.807) is 7.11 Å². The number of methoxy groups -OCH3 is 1. The number of fused-ring (bicyclic) bond motifs is 2. The van der Waals surface area contributed by atoms with E-state index < -0.39 is 0 Å². The molecule has 3 saturated carbocycles. The molecule has 8 rings (SSSR count). The second-order valence-electron chi connectivity index (χ2n) is 11.4. The van der Waals surface area contributed by atoms with Gasteiger partial charge in [0.25, 0.3) is 5.91 Å². The van der Waals surface area contributed by atoms with Crippen LogP contribution in [0.15, 0.2) is 41.0 Å². The second-order valence-corrected chi connectivity index (χ2v) is 12.4. The first-order chi connectivity index (χ1) is 17.5. The van der Waals surface area contributed by atoms with E-state index in [1.165, 1.54) is 36.6 Å². The smallest absolute Gasteiger partial charge is 0.255 e. The number of benzene rings is 1. The van der Waals surface area contributed by atoms with Crippen molar-refractivity contribution in [2.75, 3.05) is 13.7 Å². The predicted molar refractivity (Wildman–Crippen MR) is 142 cm³/mol. The maximum atomic E-state index is 13.6. The van der Waals surface area contributed by atoms with E-state index in [2.05, 4.69) is 56.6 Å². The summed E-state index contributed by atoms with van der Waals surface area (Å²) in [5, 5.41) is 6.29. The van der Waals surface area contributed by atoms with Crippen LogP contribution in [0.2, 0.25) is 0 Å². The minimum atomic E-state index is 0.121. The standard InChI is InChI=1S/C29H29BrN4O2/c1-15-27(24-8-17-5-6-21(30)11-22(17)32(24)12-16-3-4-16)31-34-14-20(10-25(36-2)28(15)34)29(35)33-13-19-7-18-9-23(33)26(18)19/h5-6,8,10-11,14,16,18-19,23,26H,3-4,7,9,12-13H2,1-2H3/t18?,19?,23?,26-/m1/s1. The Morgan fingerprint density at radius 1 is 1.17 bits per heavy atom. The molecule has 0 spiro atoms. The molecule has 184 valence electrons. The van der Waals surface area contributed by atoms with Gasteiger partial charge in [0.15, 0.2) is 0 Å². The van der Waals surface area contributed by atoms with Gasteiger partial charge in [-0.05, 0) is 80.5 Å². The summed E-state index contributed by atoms with van der Waals surface area (Å²) < 4.78 is 11.2. The third-order valence-electron chi connectivity index (χ3n) is 9.42. The molecule has 0 N–H and O–H groups in total. The summed E-state index contributed by atoms with van der Waals surface area (Å²) in [7, 11) is 1.68. The van der Waals surface area contributed by atoms with Gasteiger partial charge in [-0.15, -0.1) is 0 Å². The van der Waals surface area contributed by atoms with Gasteiger partial charge in [0, 0.05) is 46.3 Å². The lowest BCUT2D eigenvalue weighted by molar-refractivity contribution is -0.0204. The summed E-state index contributed by atoms with van der Waals surface area (Å²) in [5.41, 5.74) is 5.98. The van der Waals surface area contributed by atoms with Crippen molar-refractivity contribution in [2.45, 2.75) is 45.2 Å². The van der Waals surface area contributed by atoms with Crippen LogP contribution >= 0.6 is 15.9 Å². The van der Waals surface area contributed by atoms with Crippen LogP contribution in [0.25, 0.3) is 27.8 Å². The summed E-state index contributed by atoms with van der Waals surface area (Å²) in [6, 6.07) is 11.1. The van der Waals surface area contributed by atoms with E-state index in [0.29, 0.717) is 17.4 Å². The Hall–Kier alpha value is -2.80. The van der Waals surface area contributed by atoms with Crippen molar-refractivity contribution >= 4 is 38.3 Å². The number of pyridine rings is 1. The highest BCUT2D eigenvalue weighted by Gasteiger charge is 2.61. The lowest BCUT2D eigenvalue weighted by atomic mass is 9.53. The molecular formula is C29H29BrN4O2. The van der Waals surface area contributed by atoms with Crippen LogP contribution in [0.4, 0.5) is 0 Å². The molecule has 4 aliphatic rings. The zero-order chi connectivity index (χ0) is 24.3. The molecule has 3 aromatic heterocycles. The SMILES string of the molecule is COc1cc(C(=O)N2CC3CC4CC2[C@H]43)cn2nc(-c3cc4ccc(Br)cc4n3CC3CC3)c(C)c12. The van der Waals surface area contributed by atoms with Crippen molar-refractivity contribution in [2.24, 2.45) is 23.7 Å². The molecule has 3 unspecified atom stereocenters. The summed E-state index contributed by atoms with van der Waals surface area (Å²) in [6.45, 7) is 4.03. The van der Waals surface area contributed by atoms with Crippen molar-refractivity contribution in [1.82, 2.24) is 19.1 Å². The number of aryl methyl sites for hydroxylation is 1. The number of ether oxygens (including phenoxy) is 1. The molecule has 4 fully saturated rings. The van der Waals surface area contributed by atoms with Crippen LogP contribution < -0.4 is 4.74 Å². The highest BCUT2D eigenvalue weighted by Crippen LogP contribution is 2.60. The molecule has 0 radical (unpaired) electrons. The molecule has 7 heteroatoms. The van der Waals surface area contributed by atoms with Crippen LogP contribution in [0, 0.1) is 30.6 Å². The van der Waals surface area contributed by atoms with Crippen LogP contribution in [-0.4, -0.2) is 44.7 Å². The molecule has 4 aromatic rings. The summed E-state index contributed by atoms with van der Waals surface area (Å²) in [5.74, 6) is 3.90. The van der Waals surface area contributed by atoms with Gasteiger partial charge >= 0.3 is 0 Å². The second kappa shape index (κ2) is 7.37. The topological polar surface area (TPSA) is 51.8 Å². The van der Waals surface area contributed by atoms with Crippen molar-refractivity contribution in [3.63, 3.8) is 0 Å². The monoisotopic (exact) mass is 544 g/mol. The van der Waals surface area contributed by atoms with E-state index in [0.717, 1.165) is 63.7 Å². The number of rotatable bonds is 5. The number of hydrogen-bond acceptors (Lipinski definition) is 3. The molecule has 1 aromatic carbocycles. The molecular weight excluding hydrogens is 516 g/mol. The molecule has 1 amide bonds. The first-order valence-corrected chi connectivity index (χ1v) is 14.0. The zero-order valence-electron chi connectivity index (χ0n) is 20.6. The number of hydrogen-bond donors (Lipinski definition) is 0.